The molecule has 154 valence electrons. The molecular formula is C20H20N6O2S2. The Labute approximate surface area is 184 Å². The molecule has 0 spiro atoms. The van der Waals surface area contributed by atoms with Crippen LogP contribution in [0.3, 0.4) is 0 Å². The number of thiol groups is 2. The van der Waals surface area contributed by atoms with Crippen LogP contribution in [0.2, 0.25) is 0 Å². The van der Waals surface area contributed by atoms with Crippen LogP contribution in [0.15, 0.2) is 58.8 Å². The fourth-order valence-corrected chi connectivity index (χ4v) is 3.74. The lowest BCUT2D eigenvalue weighted by atomic mass is 9.94. The number of nitrogens with zero attached hydrogens (tertiary/aromatic N) is 4. The van der Waals surface area contributed by atoms with Crippen LogP contribution in [0.4, 0.5) is 11.4 Å². The van der Waals surface area contributed by atoms with E-state index in [1.807, 2.05) is 38.1 Å². The third-order valence-corrected chi connectivity index (χ3v) is 5.42. The van der Waals surface area contributed by atoms with Gasteiger partial charge in [0.25, 0.3) is 5.91 Å². The number of aromatic nitrogens is 3. The summed E-state index contributed by atoms with van der Waals surface area (Å²) in [7, 11) is 0. The molecule has 2 aromatic carbocycles. The smallest absolute Gasteiger partial charge is 0.255 e. The molecule has 0 atom stereocenters. The summed E-state index contributed by atoms with van der Waals surface area (Å²) in [6, 6.07) is 14.3. The van der Waals surface area contributed by atoms with Gasteiger partial charge in [-0.15, -0.1) is 35.5 Å². The van der Waals surface area contributed by atoms with Crippen LogP contribution in [-0.4, -0.2) is 33.1 Å². The predicted molar refractivity (Wildman–Crippen MR) is 120 cm³/mol. The maximum Gasteiger partial charge on any atom is 0.255 e. The summed E-state index contributed by atoms with van der Waals surface area (Å²) in [6.07, 6.45) is 0. The lowest BCUT2D eigenvalue weighted by molar-refractivity contribution is -0.125. The molecule has 3 aromatic rings. The monoisotopic (exact) mass is 440 g/mol. The van der Waals surface area contributed by atoms with E-state index in [9.17, 15) is 9.59 Å². The van der Waals surface area contributed by atoms with Crippen LogP contribution in [-0.2, 0) is 4.79 Å². The minimum Gasteiger partial charge on any atom is -0.322 e. The Balaban J connectivity index is 1.48. The number of rotatable bonds is 4. The summed E-state index contributed by atoms with van der Waals surface area (Å²) >= 11 is 8.55. The number of benzene rings is 2. The van der Waals surface area contributed by atoms with E-state index in [0.29, 0.717) is 28.1 Å². The molecule has 4 rings (SSSR count). The van der Waals surface area contributed by atoms with Crippen molar-refractivity contribution in [3.8, 4) is 5.69 Å². The summed E-state index contributed by atoms with van der Waals surface area (Å²) in [5.41, 5.74) is 5.07. The highest BCUT2D eigenvalue weighted by molar-refractivity contribution is 7.80. The average molecular weight is 441 g/mol. The van der Waals surface area contributed by atoms with E-state index in [-0.39, 0.29) is 11.8 Å². The molecule has 1 aromatic heterocycles. The van der Waals surface area contributed by atoms with Crippen molar-refractivity contribution < 1.29 is 9.59 Å². The standard InChI is InChI=1S/C20H20N6O2S2/c1-20(2)11-25(24-17(20)28)14-8-6-12(7-9-14)16(27)21-13-4-3-5-15(10-13)26-18(29)22-23-19(26)30/h3-10H,11H2,1-2H3,(H,21,27)(H,22,29)(H,23,30)(H,24,28). The molecule has 0 radical (unpaired) electrons. The highest BCUT2D eigenvalue weighted by Crippen LogP contribution is 2.27. The predicted octanol–water partition coefficient (Wildman–Crippen LogP) is 2.97. The molecule has 0 bridgehead atoms. The van der Waals surface area contributed by atoms with Gasteiger partial charge in [-0.1, -0.05) is 6.07 Å². The number of nitrogens with one attached hydrogen (secondary N) is 2. The van der Waals surface area contributed by atoms with Crippen molar-refractivity contribution in [3.63, 3.8) is 0 Å². The van der Waals surface area contributed by atoms with Crippen molar-refractivity contribution in [2.24, 2.45) is 5.41 Å². The zero-order valence-corrected chi connectivity index (χ0v) is 18.1. The summed E-state index contributed by atoms with van der Waals surface area (Å²) in [5, 5.41) is 13.2. The van der Waals surface area contributed by atoms with E-state index in [4.69, 9.17) is 0 Å². The second kappa shape index (κ2) is 7.69. The number of carbonyl (C=O) groups is 2. The number of amides is 2. The van der Waals surface area contributed by atoms with Gasteiger partial charge >= 0.3 is 0 Å². The topological polar surface area (TPSA) is 92.2 Å². The highest BCUT2D eigenvalue weighted by atomic mass is 32.1. The molecule has 1 aliphatic rings. The minimum atomic E-state index is -0.453. The second-order valence-corrected chi connectivity index (χ2v) is 8.40. The van der Waals surface area contributed by atoms with Crippen molar-refractivity contribution in [1.29, 1.82) is 0 Å². The summed E-state index contributed by atoms with van der Waals surface area (Å²) in [5.74, 6) is -0.267. The van der Waals surface area contributed by atoms with Gasteiger partial charge in [0.2, 0.25) is 5.91 Å². The maximum absolute atomic E-state index is 12.7. The molecule has 8 nitrogen and oxygen atoms in total. The first-order valence-corrected chi connectivity index (χ1v) is 10.1. The quantitative estimate of drug-likeness (QED) is 0.468. The highest BCUT2D eigenvalue weighted by Gasteiger charge is 2.38. The number of carbonyl (C=O) groups excluding carboxylic acids is 2. The van der Waals surface area contributed by atoms with E-state index in [1.165, 1.54) is 0 Å². The average Bonchev–Trinajstić information content (AvgIpc) is 3.19. The van der Waals surface area contributed by atoms with Gasteiger partial charge in [-0.25, -0.2) is 0 Å². The third-order valence-electron chi connectivity index (χ3n) is 4.84. The van der Waals surface area contributed by atoms with E-state index < -0.39 is 5.41 Å². The van der Waals surface area contributed by atoms with Gasteiger partial charge in [-0.05, 0) is 56.3 Å². The second-order valence-electron chi connectivity index (χ2n) is 7.60. The summed E-state index contributed by atoms with van der Waals surface area (Å²) in [6.45, 7) is 4.35. The Morgan fingerprint density at radius 1 is 1.07 bits per heavy atom. The number of hydrogen-bond donors (Lipinski definition) is 4. The first kappa shape index (κ1) is 20.3. The largest absolute Gasteiger partial charge is 0.322 e. The molecule has 0 unspecified atom stereocenters. The molecule has 1 saturated heterocycles. The van der Waals surface area contributed by atoms with Gasteiger partial charge in [-0.2, -0.15) is 0 Å². The molecule has 30 heavy (non-hydrogen) atoms. The molecule has 2 N–H and O–H groups in total. The number of hydrazine groups is 1. The van der Waals surface area contributed by atoms with Crippen molar-refractivity contribution in [2.75, 3.05) is 16.9 Å². The molecule has 0 saturated carbocycles. The van der Waals surface area contributed by atoms with Gasteiger partial charge in [-0.3, -0.25) is 24.6 Å². The van der Waals surface area contributed by atoms with Gasteiger partial charge in [0.05, 0.1) is 23.3 Å². The number of hydrogen-bond acceptors (Lipinski definition) is 7. The molecule has 0 aliphatic carbocycles. The van der Waals surface area contributed by atoms with Gasteiger partial charge in [0, 0.05) is 11.3 Å². The van der Waals surface area contributed by atoms with Gasteiger partial charge < -0.3 is 5.32 Å². The van der Waals surface area contributed by atoms with Gasteiger partial charge in [0.1, 0.15) is 0 Å². The Morgan fingerprint density at radius 2 is 1.73 bits per heavy atom. The van der Waals surface area contributed by atoms with E-state index in [0.717, 1.165) is 11.4 Å². The van der Waals surface area contributed by atoms with E-state index in [1.54, 1.807) is 33.8 Å². The van der Waals surface area contributed by atoms with Crippen molar-refractivity contribution in [3.05, 3.63) is 54.1 Å². The first-order valence-electron chi connectivity index (χ1n) is 9.18. The molecule has 1 fully saturated rings. The van der Waals surface area contributed by atoms with Crippen LogP contribution in [0.1, 0.15) is 24.2 Å². The molecule has 2 heterocycles. The SMILES string of the molecule is CC1(C)CN(c2ccc(C(=O)Nc3cccc(-n4c(S)nnc4S)c3)cc2)NC1=O. The molecular weight excluding hydrogens is 420 g/mol. The Kier molecular flexibility index (Phi) is 5.20. The third kappa shape index (κ3) is 3.88. The van der Waals surface area contributed by atoms with Crippen LogP contribution in [0.25, 0.3) is 5.69 Å². The lowest BCUT2D eigenvalue weighted by Gasteiger charge is -2.19. The number of anilines is 2. The Bertz CT molecular complexity index is 1110. The summed E-state index contributed by atoms with van der Waals surface area (Å²) < 4.78 is 1.66. The van der Waals surface area contributed by atoms with Crippen molar-refractivity contribution in [1.82, 2.24) is 20.2 Å². The van der Waals surface area contributed by atoms with Crippen LogP contribution in [0, 0.1) is 5.41 Å². The van der Waals surface area contributed by atoms with Crippen molar-refractivity contribution in [2.45, 2.75) is 24.2 Å². The molecule has 2 amide bonds. The minimum absolute atomic E-state index is 0.0222. The maximum atomic E-state index is 12.7. The zero-order valence-electron chi connectivity index (χ0n) is 16.3. The Morgan fingerprint density at radius 3 is 2.33 bits per heavy atom. The Hall–Kier alpha value is -2.98. The summed E-state index contributed by atoms with van der Waals surface area (Å²) in [4.78, 5) is 24.7. The lowest BCUT2D eigenvalue weighted by Crippen LogP contribution is -2.33. The normalized spacial score (nSPS) is 15.2. The molecule has 1 aliphatic heterocycles. The van der Waals surface area contributed by atoms with Crippen molar-refractivity contribution >= 4 is 48.4 Å². The fraction of sp³-hybridized carbons (Fsp3) is 0.200. The van der Waals surface area contributed by atoms with E-state index in [2.05, 4.69) is 46.2 Å². The van der Waals surface area contributed by atoms with Gasteiger partial charge in [0.15, 0.2) is 10.3 Å². The van der Waals surface area contributed by atoms with Crippen LogP contribution < -0.4 is 15.8 Å². The first-order chi connectivity index (χ1) is 14.2. The fourth-order valence-electron chi connectivity index (χ4n) is 3.15. The molecule has 10 heteroatoms. The van der Waals surface area contributed by atoms with E-state index >= 15 is 0 Å². The zero-order chi connectivity index (χ0) is 21.5. The van der Waals surface area contributed by atoms with Crippen LogP contribution in [0.5, 0.6) is 0 Å². The van der Waals surface area contributed by atoms with Crippen LogP contribution >= 0.6 is 25.3 Å².